The van der Waals surface area contributed by atoms with Gasteiger partial charge in [-0.3, -0.25) is 25.2 Å². The quantitative estimate of drug-likeness (QED) is 0.731. The molecule has 0 aliphatic heterocycles. The number of amides is 2. The third kappa shape index (κ3) is 3.38. The van der Waals surface area contributed by atoms with E-state index in [1.807, 2.05) is 12.1 Å². The predicted molar refractivity (Wildman–Crippen MR) is 91.6 cm³/mol. The number of hydrazine groups is 1. The molecule has 2 aliphatic rings. The monoisotopic (exact) mass is 344 g/mol. The largest absolute Gasteiger partial charge is 0.481 e. The average molecular weight is 344 g/mol. The molecule has 0 heterocycles. The maximum absolute atomic E-state index is 12.4. The molecule has 6 nitrogen and oxygen atoms in total. The van der Waals surface area contributed by atoms with Crippen LogP contribution in [-0.4, -0.2) is 22.9 Å². The van der Waals surface area contributed by atoms with Gasteiger partial charge in [0, 0.05) is 5.56 Å². The zero-order valence-corrected chi connectivity index (χ0v) is 14.5. The Labute approximate surface area is 147 Å². The van der Waals surface area contributed by atoms with Crippen LogP contribution in [0, 0.1) is 23.7 Å². The highest BCUT2D eigenvalue weighted by atomic mass is 16.4. The van der Waals surface area contributed by atoms with E-state index in [4.69, 9.17) is 0 Å². The molecule has 2 aliphatic carbocycles. The van der Waals surface area contributed by atoms with Crippen molar-refractivity contribution in [2.75, 3.05) is 0 Å². The van der Waals surface area contributed by atoms with Gasteiger partial charge in [0.2, 0.25) is 5.91 Å². The third-order valence-electron chi connectivity index (χ3n) is 5.64. The number of fused-ring (bicyclic) bond motifs is 2. The number of nitrogens with one attached hydrogen (secondary N) is 2. The lowest BCUT2D eigenvalue weighted by atomic mass is 9.79. The molecule has 0 spiro atoms. The van der Waals surface area contributed by atoms with Crippen LogP contribution in [0.1, 0.15) is 54.9 Å². The van der Waals surface area contributed by atoms with Crippen molar-refractivity contribution in [3.8, 4) is 0 Å². The van der Waals surface area contributed by atoms with E-state index in [0.29, 0.717) is 11.5 Å². The number of hydrogen-bond donors (Lipinski definition) is 3. The summed E-state index contributed by atoms with van der Waals surface area (Å²) in [6.07, 6.45) is 2.55. The van der Waals surface area contributed by atoms with Crippen molar-refractivity contribution >= 4 is 17.8 Å². The van der Waals surface area contributed by atoms with Crippen molar-refractivity contribution in [3.05, 3.63) is 35.4 Å². The summed E-state index contributed by atoms with van der Waals surface area (Å²) in [7, 11) is 0. The number of aliphatic carboxylic acids is 1. The molecular weight excluding hydrogens is 320 g/mol. The van der Waals surface area contributed by atoms with Crippen molar-refractivity contribution in [1.82, 2.24) is 10.9 Å². The molecule has 0 saturated heterocycles. The molecule has 6 heteroatoms. The molecular formula is C19H24N2O4. The van der Waals surface area contributed by atoms with E-state index in [1.54, 1.807) is 12.1 Å². The van der Waals surface area contributed by atoms with E-state index in [-0.39, 0.29) is 11.8 Å². The lowest BCUT2D eigenvalue weighted by molar-refractivity contribution is -0.149. The normalized spacial score (nSPS) is 27.3. The fourth-order valence-electron chi connectivity index (χ4n) is 4.32. The van der Waals surface area contributed by atoms with Gasteiger partial charge in [0.15, 0.2) is 0 Å². The molecule has 1 aromatic rings. The molecule has 2 amide bonds. The topological polar surface area (TPSA) is 95.5 Å². The molecule has 0 aromatic heterocycles. The fourth-order valence-corrected chi connectivity index (χ4v) is 4.32. The lowest BCUT2D eigenvalue weighted by Crippen LogP contribution is -2.48. The van der Waals surface area contributed by atoms with Crippen LogP contribution in [0.15, 0.2) is 24.3 Å². The molecule has 134 valence electrons. The molecule has 2 fully saturated rings. The summed E-state index contributed by atoms with van der Waals surface area (Å²) in [5.41, 5.74) is 6.42. The molecule has 25 heavy (non-hydrogen) atoms. The van der Waals surface area contributed by atoms with Crippen LogP contribution >= 0.6 is 0 Å². The summed E-state index contributed by atoms with van der Waals surface area (Å²) < 4.78 is 0. The van der Waals surface area contributed by atoms with Gasteiger partial charge >= 0.3 is 5.97 Å². The van der Waals surface area contributed by atoms with Crippen molar-refractivity contribution in [3.63, 3.8) is 0 Å². The number of hydrogen-bond acceptors (Lipinski definition) is 3. The van der Waals surface area contributed by atoms with Gasteiger partial charge in [-0.15, -0.1) is 0 Å². The van der Waals surface area contributed by atoms with Gasteiger partial charge < -0.3 is 5.11 Å². The summed E-state index contributed by atoms with van der Waals surface area (Å²) in [6.45, 7) is 4.15. The first kappa shape index (κ1) is 17.5. The molecule has 4 atom stereocenters. The van der Waals surface area contributed by atoms with Crippen LogP contribution in [0.5, 0.6) is 0 Å². The summed E-state index contributed by atoms with van der Waals surface area (Å²) in [6, 6.07) is 7.21. The molecule has 0 unspecified atom stereocenters. The zero-order chi connectivity index (χ0) is 18.1. The molecule has 2 bridgehead atoms. The van der Waals surface area contributed by atoms with E-state index >= 15 is 0 Å². The number of carbonyl (C=O) groups excluding carboxylic acids is 2. The van der Waals surface area contributed by atoms with Crippen molar-refractivity contribution < 1.29 is 19.5 Å². The molecule has 0 radical (unpaired) electrons. The van der Waals surface area contributed by atoms with Gasteiger partial charge in [0.1, 0.15) is 0 Å². The van der Waals surface area contributed by atoms with Crippen LogP contribution in [0.2, 0.25) is 0 Å². The first-order valence-electron chi connectivity index (χ1n) is 8.81. The maximum atomic E-state index is 12.4. The highest BCUT2D eigenvalue weighted by Crippen LogP contribution is 2.52. The van der Waals surface area contributed by atoms with E-state index in [2.05, 4.69) is 24.7 Å². The Morgan fingerprint density at radius 3 is 2.16 bits per heavy atom. The number of benzene rings is 1. The average Bonchev–Trinajstić information content (AvgIpc) is 3.20. The van der Waals surface area contributed by atoms with Crippen molar-refractivity contribution in [2.45, 2.75) is 39.0 Å². The Morgan fingerprint density at radius 2 is 1.60 bits per heavy atom. The summed E-state index contributed by atoms with van der Waals surface area (Å²) in [5, 5.41) is 9.41. The van der Waals surface area contributed by atoms with E-state index in [0.717, 1.165) is 24.8 Å². The number of rotatable bonds is 4. The highest BCUT2D eigenvalue weighted by molar-refractivity contribution is 5.96. The van der Waals surface area contributed by atoms with Crippen LogP contribution in [0.25, 0.3) is 0 Å². The smallest absolute Gasteiger partial charge is 0.307 e. The second-order valence-corrected chi connectivity index (χ2v) is 7.44. The van der Waals surface area contributed by atoms with Gasteiger partial charge in [0.05, 0.1) is 11.8 Å². The molecule has 2 saturated carbocycles. The van der Waals surface area contributed by atoms with Crippen LogP contribution < -0.4 is 10.9 Å². The molecule has 1 aromatic carbocycles. The Bertz CT molecular complexity index is 683. The number of carboxylic acid groups (broad SMARTS) is 1. The number of carboxylic acids is 1. The third-order valence-corrected chi connectivity index (χ3v) is 5.64. The lowest BCUT2D eigenvalue weighted by Gasteiger charge is -2.27. The van der Waals surface area contributed by atoms with Gasteiger partial charge in [0.25, 0.3) is 5.91 Å². The van der Waals surface area contributed by atoms with Gasteiger partial charge in [-0.25, -0.2) is 0 Å². The van der Waals surface area contributed by atoms with Crippen molar-refractivity contribution in [1.29, 1.82) is 0 Å². The molecule has 3 N–H and O–H groups in total. The van der Waals surface area contributed by atoms with E-state index < -0.39 is 29.6 Å². The minimum atomic E-state index is -0.914. The van der Waals surface area contributed by atoms with Gasteiger partial charge in [-0.2, -0.15) is 0 Å². The second kappa shape index (κ2) is 6.86. The maximum Gasteiger partial charge on any atom is 0.307 e. The minimum absolute atomic E-state index is 0.0810. The van der Waals surface area contributed by atoms with Crippen LogP contribution in [-0.2, 0) is 9.59 Å². The SMILES string of the molecule is CC(C)c1ccc(C(=O)NNC(=O)[C@H]2[C@H]3CC[C@@H](C3)[C@@H]2C(=O)O)cc1. The first-order chi connectivity index (χ1) is 11.9. The summed E-state index contributed by atoms with van der Waals surface area (Å²) >= 11 is 0. The van der Waals surface area contributed by atoms with Crippen LogP contribution in [0.3, 0.4) is 0 Å². The second-order valence-electron chi connectivity index (χ2n) is 7.44. The Hall–Kier alpha value is -2.37. The Balaban J connectivity index is 1.60. The number of carbonyl (C=O) groups is 3. The first-order valence-corrected chi connectivity index (χ1v) is 8.81. The highest BCUT2D eigenvalue weighted by Gasteiger charge is 2.54. The van der Waals surface area contributed by atoms with Crippen molar-refractivity contribution in [2.24, 2.45) is 23.7 Å². The fraction of sp³-hybridized carbons (Fsp3) is 0.526. The van der Waals surface area contributed by atoms with E-state index in [1.165, 1.54) is 0 Å². The van der Waals surface area contributed by atoms with Gasteiger partial charge in [-0.05, 0) is 54.7 Å². The summed E-state index contributed by atoms with van der Waals surface area (Å²) in [4.78, 5) is 36.1. The zero-order valence-electron chi connectivity index (χ0n) is 14.5. The summed E-state index contributed by atoms with van der Waals surface area (Å²) in [5.74, 6) is -2.34. The predicted octanol–water partition coefficient (Wildman–Crippen LogP) is 2.32. The minimum Gasteiger partial charge on any atom is -0.481 e. The molecule has 3 rings (SSSR count). The van der Waals surface area contributed by atoms with Gasteiger partial charge in [-0.1, -0.05) is 26.0 Å². The Morgan fingerprint density at radius 1 is 1.00 bits per heavy atom. The standard InChI is InChI=1S/C19H24N2O4/c1-10(2)11-3-5-12(6-4-11)17(22)20-21-18(23)15-13-7-8-14(9-13)16(15)19(24)25/h3-6,10,13-16H,7-9H2,1-2H3,(H,20,22)(H,21,23)(H,24,25)/t13-,14-,15-,16-/m0/s1. The van der Waals surface area contributed by atoms with E-state index in [9.17, 15) is 19.5 Å². The Kier molecular flexibility index (Phi) is 4.79. The van der Waals surface area contributed by atoms with Crippen LogP contribution in [0.4, 0.5) is 0 Å².